The van der Waals surface area contributed by atoms with Crippen molar-refractivity contribution >= 4 is 23.2 Å². The Hall–Kier alpha value is -2.18. The van der Waals surface area contributed by atoms with Gasteiger partial charge in [-0.2, -0.15) is 0 Å². The summed E-state index contributed by atoms with van der Waals surface area (Å²) in [4.78, 5) is 27.7. The minimum Gasteiger partial charge on any atom is -0.350 e. The fourth-order valence-corrected chi connectivity index (χ4v) is 4.38. The standard InChI is InChI=1S/C23H31N3O2S/c1-3-26(15-22(27)24-14-21-9-6-12-29-21)16-23(28)25-17(2)19-11-10-18-7-4-5-8-20(18)13-19/h6,9-13,17H,3-5,7-8,14-16H2,1-2H3,(H,24,27)(H,25,28)/t17-/m1/s1. The Kier molecular flexibility index (Phi) is 7.83. The molecule has 29 heavy (non-hydrogen) atoms. The van der Waals surface area contributed by atoms with Crippen LogP contribution in [0.4, 0.5) is 0 Å². The maximum Gasteiger partial charge on any atom is 0.234 e. The third kappa shape index (κ3) is 6.41. The minimum atomic E-state index is -0.0595. The molecule has 0 fully saturated rings. The lowest BCUT2D eigenvalue weighted by Gasteiger charge is -2.22. The Morgan fingerprint density at radius 1 is 1.10 bits per heavy atom. The van der Waals surface area contributed by atoms with Gasteiger partial charge in [0.15, 0.2) is 0 Å². The van der Waals surface area contributed by atoms with E-state index in [-0.39, 0.29) is 30.9 Å². The van der Waals surface area contributed by atoms with E-state index in [1.807, 2.05) is 36.3 Å². The Morgan fingerprint density at radius 2 is 1.86 bits per heavy atom. The van der Waals surface area contributed by atoms with Gasteiger partial charge in [0, 0.05) is 4.88 Å². The van der Waals surface area contributed by atoms with E-state index in [0.717, 1.165) is 23.3 Å². The van der Waals surface area contributed by atoms with Crippen LogP contribution < -0.4 is 10.6 Å². The lowest BCUT2D eigenvalue weighted by molar-refractivity contribution is -0.125. The molecule has 3 rings (SSSR count). The molecular weight excluding hydrogens is 382 g/mol. The SMILES string of the molecule is CCN(CC(=O)NCc1cccs1)CC(=O)N[C@H](C)c1ccc2c(c1)CCCC2. The number of hydrogen-bond acceptors (Lipinski definition) is 4. The van der Waals surface area contributed by atoms with E-state index < -0.39 is 0 Å². The van der Waals surface area contributed by atoms with E-state index in [1.165, 1.54) is 24.0 Å². The van der Waals surface area contributed by atoms with Crippen molar-refractivity contribution in [1.29, 1.82) is 0 Å². The number of nitrogens with one attached hydrogen (secondary N) is 2. The topological polar surface area (TPSA) is 61.4 Å². The smallest absolute Gasteiger partial charge is 0.234 e. The number of nitrogens with zero attached hydrogens (tertiary/aromatic N) is 1. The maximum atomic E-state index is 12.5. The molecule has 5 nitrogen and oxygen atoms in total. The highest BCUT2D eigenvalue weighted by molar-refractivity contribution is 7.09. The first-order valence-corrected chi connectivity index (χ1v) is 11.4. The van der Waals surface area contributed by atoms with Crippen LogP contribution in [-0.4, -0.2) is 36.3 Å². The molecule has 0 spiro atoms. The van der Waals surface area contributed by atoms with Crippen molar-refractivity contribution in [3.63, 3.8) is 0 Å². The van der Waals surface area contributed by atoms with Crippen molar-refractivity contribution in [1.82, 2.24) is 15.5 Å². The molecule has 156 valence electrons. The predicted molar refractivity (Wildman–Crippen MR) is 118 cm³/mol. The highest BCUT2D eigenvalue weighted by Crippen LogP contribution is 2.24. The molecule has 0 saturated heterocycles. The number of amides is 2. The van der Waals surface area contributed by atoms with Gasteiger partial charge in [0.25, 0.3) is 0 Å². The minimum absolute atomic E-state index is 0.0407. The van der Waals surface area contributed by atoms with Crippen LogP contribution in [0.25, 0.3) is 0 Å². The molecule has 2 aromatic rings. The quantitative estimate of drug-likeness (QED) is 0.662. The van der Waals surface area contributed by atoms with Gasteiger partial charge in [0.1, 0.15) is 0 Å². The van der Waals surface area contributed by atoms with E-state index in [1.54, 1.807) is 11.3 Å². The van der Waals surface area contributed by atoms with E-state index in [9.17, 15) is 9.59 Å². The second-order valence-corrected chi connectivity index (χ2v) is 8.72. The van der Waals surface area contributed by atoms with Gasteiger partial charge in [-0.05, 0) is 67.3 Å². The second kappa shape index (κ2) is 10.6. The molecule has 0 aliphatic heterocycles. The number of fused-ring (bicyclic) bond motifs is 1. The summed E-state index contributed by atoms with van der Waals surface area (Å²) in [5.74, 6) is -0.112. The van der Waals surface area contributed by atoms with Crippen LogP contribution in [0.5, 0.6) is 0 Å². The largest absolute Gasteiger partial charge is 0.350 e. The fourth-order valence-electron chi connectivity index (χ4n) is 3.73. The van der Waals surface area contributed by atoms with Crippen molar-refractivity contribution in [3.05, 3.63) is 57.3 Å². The van der Waals surface area contributed by atoms with Crippen molar-refractivity contribution in [2.45, 2.75) is 52.1 Å². The average molecular weight is 414 g/mol. The highest BCUT2D eigenvalue weighted by atomic mass is 32.1. The van der Waals surface area contributed by atoms with Gasteiger partial charge in [0.05, 0.1) is 25.7 Å². The summed E-state index contributed by atoms with van der Waals surface area (Å²) in [6.07, 6.45) is 4.81. The Labute approximate surface area is 177 Å². The van der Waals surface area contributed by atoms with E-state index in [4.69, 9.17) is 0 Å². The summed E-state index contributed by atoms with van der Waals surface area (Å²) in [6, 6.07) is 10.5. The van der Waals surface area contributed by atoms with Gasteiger partial charge in [-0.15, -0.1) is 11.3 Å². The molecular formula is C23H31N3O2S. The number of benzene rings is 1. The summed E-state index contributed by atoms with van der Waals surface area (Å²) >= 11 is 1.62. The zero-order valence-electron chi connectivity index (χ0n) is 17.4. The number of carbonyl (C=O) groups excluding carboxylic acids is 2. The Morgan fingerprint density at radius 3 is 2.59 bits per heavy atom. The van der Waals surface area contributed by atoms with E-state index in [2.05, 4.69) is 28.8 Å². The van der Waals surface area contributed by atoms with Crippen LogP contribution in [0, 0.1) is 0 Å². The van der Waals surface area contributed by atoms with Crippen LogP contribution in [0.3, 0.4) is 0 Å². The first-order valence-electron chi connectivity index (χ1n) is 10.5. The van der Waals surface area contributed by atoms with Crippen LogP contribution in [0.1, 0.15) is 54.3 Å². The lowest BCUT2D eigenvalue weighted by atomic mass is 9.89. The highest BCUT2D eigenvalue weighted by Gasteiger charge is 2.17. The van der Waals surface area contributed by atoms with Crippen LogP contribution in [-0.2, 0) is 29.0 Å². The molecule has 1 aliphatic carbocycles. The number of likely N-dealkylation sites (N-methyl/N-ethyl adjacent to an activating group) is 1. The third-order valence-electron chi connectivity index (χ3n) is 5.47. The average Bonchev–Trinajstić information content (AvgIpc) is 3.25. The predicted octanol–water partition coefficient (Wildman–Crippen LogP) is 3.44. The third-order valence-corrected chi connectivity index (χ3v) is 6.35. The zero-order valence-corrected chi connectivity index (χ0v) is 18.2. The second-order valence-electron chi connectivity index (χ2n) is 7.68. The summed E-state index contributed by atoms with van der Waals surface area (Å²) in [5, 5.41) is 8.00. The van der Waals surface area contributed by atoms with Crippen molar-refractivity contribution in [2.24, 2.45) is 0 Å². The molecule has 1 heterocycles. The first kappa shape index (κ1) is 21.5. The summed E-state index contributed by atoms with van der Waals surface area (Å²) in [7, 11) is 0. The van der Waals surface area contributed by atoms with Crippen molar-refractivity contribution in [2.75, 3.05) is 19.6 Å². The number of thiophene rings is 1. The molecule has 6 heteroatoms. The number of carbonyl (C=O) groups is 2. The number of aryl methyl sites for hydroxylation is 2. The summed E-state index contributed by atoms with van der Waals surface area (Å²) < 4.78 is 0. The van der Waals surface area contributed by atoms with Crippen molar-refractivity contribution < 1.29 is 9.59 Å². The molecule has 1 atom stereocenters. The molecule has 1 aromatic heterocycles. The Bertz CT molecular complexity index is 820. The van der Waals surface area contributed by atoms with Gasteiger partial charge in [-0.1, -0.05) is 31.2 Å². The first-order chi connectivity index (χ1) is 14.0. The van der Waals surface area contributed by atoms with E-state index in [0.29, 0.717) is 13.1 Å². The molecule has 0 radical (unpaired) electrons. The van der Waals surface area contributed by atoms with E-state index >= 15 is 0 Å². The zero-order chi connectivity index (χ0) is 20.6. The maximum absolute atomic E-state index is 12.5. The Balaban J connectivity index is 1.47. The number of rotatable bonds is 9. The lowest BCUT2D eigenvalue weighted by Crippen LogP contribution is -2.43. The van der Waals surface area contributed by atoms with Gasteiger partial charge in [-0.25, -0.2) is 0 Å². The normalized spacial score (nSPS) is 14.3. The summed E-state index contributed by atoms with van der Waals surface area (Å²) in [5.41, 5.74) is 4.02. The van der Waals surface area contributed by atoms with Crippen LogP contribution in [0.2, 0.25) is 0 Å². The summed E-state index contributed by atoms with van der Waals surface area (Å²) in [6.45, 7) is 5.61. The molecule has 1 aromatic carbocycles. The van der Waals surface area contributed by atoms with Crippen LogP contribution >= 0.6 is 11.3 Å². The number of hydrogen-bond donors (Lipinski definition) is 2. The molecule has 2 amide bonds. The van der Waals surface area contributed by atoms with Crippen LogP contribution in [0.15, 0.2) is 35.7 Å². The van der Waals surface area contributed by atoms with Gasteiger partial charge in [-0.3, -0.25) is 14.5 Å². The van der Waals surface area contributed by atoms with Gasteiger partial charge in [0.2, 0.25) is 11.8 Å². The molecule has 0 saturated carbocycles. The molecule has 1 aliphatic rings. The molecule has 0 unspecified atom stereocenters. The monoisotopic (exact) mass is 413 g/mol. The van der Waals surface area contributed by atoms with Gasteiger partial charge < -0.3 is 10.6 Å². The molecule has 0 bridgehead atoms. The van der Waals surface area contributed by atoms with Crippen molar-refractivity contribution in [3.8, 4) is 0 Å². The van der Waals surface area contributed by atoms with Gasteiger partial charge >= 0.3 is 0 Å². The fraction of sp³-hybridized carbons (Fsp3) is 0.478. The molecule has 2 N–H and O–H groups in total.